The van der Waals surface area contributed by atoms with Gasteiger partial charge in [-0.3, -0.25) is 15.5 Å². The summed E-state index contributed by atoms with van der Waals surface area (Å²) < 4.78 is 12.9. The molecule has 0 fully saturated rings. The van der Waals surface area contributed by atoms with E-state index in [0.717, 1.165) is 6.07 Å². The third kappa shape index (κ3) is 3.19. The molecule has 0 aromatic heterocycles. The molecule has 2 aromatic rings. The summed E-state index contributed by atoms with van der Waals surface area (Å²) in [6, 6.07) is 7.94. The second kappa shape index (κ2) is 6.09. The SMILES string of the molecule is O=C(Nc1ccc(F)cc1Cl)c1cc(NO)ccc1Cl. The fraction of sp³-hybridized carbons (Fsp3) is 0. The largest absolute Gasteiger partial charge is 0.321 e. The average molecular weight is 315 g/mol. The number of nitrogens with one attached hydrogen (secondary N) is 2. The van der Waals surface area contributed by atoms with Crippen LogP contribution in [-0.2, 0) is 0 Å². The van der Waals surface area contributed by atoms with Crippen molar-refractivity contribution in [3.63, 3.8) is 0 Å². The van der Waals surface area contributed by atoms with Crippen molar-refractivity contribution in [1.82, 2.24) is 0 Å². The van der Waals surface area contributed by atoms with Crippen LogP contribution < -0.4 is 10.8 Å². The molecule has 0 aliphatic heterocycles. The Balaban J connectivity index is 2.28. The van der Waals surface area contributed by atoms with Crippen LogP contribution in [0.25, 0.3) is 0 Å². The van der Waals surface area contributed by atoms with Gasteiger partial charge in [-0.15, -0.1) is 0 Å². The first-order chi connectivity index (χ1) is 9.51. The molecule has 0 unspecified atom stereocenters. The van der Waals surface area contributed by atoms with E-state index in [2.05, 4.69) is 5.32 Å². The summed E-state index contributed by atoms with van der Waals surface area (Å²) in [5.74, 6) is -1.03. The first-order valence-electron chi connectivity index (χ1n) is 5.47. The van der Waals surface area contributed by atoms with Crippen LogP contribution in [0.5, 0.6) is 0 Å². The summed E-state index contributed by atoms with van der Waals surface area (Å²) in [5.41, 5.74) is 2.63. The Morgan fingerprint density at radius 3 is 2.50 bits per heavy atom. The summed E-state index contributed by atoms with van der Waals surface area (Å²) in [5, 5.41) is 11.6. The molecule has 1 amide bonds. The van der Waals surface area contributed by atoms with Crippen molar-refractivity contribution in [2.45, 2.75) is 0 Å². The lowest BCUT2D eigenvalue weighted by atomic mass is 10.2. The van der Waals surface area contributed by atoms with Gasteiger partial charge in [-0.05, 0) is 36.4 Å². The molecule has 0 aliphatic rings. The van der Waals surface area contributed by atoms with Crippen molar-refractivity contribution in [2.24, 2.45) is 0 Å². The number of hydrogen-bond donors (Lipinski definition) is 3. The lowest BCUT2D eigenvalue weighted by molar-refractivity contribution is 0.102. The number of benzene rings is 2. The van der Waals surface area contributed by atoms with Crippen LogP contribution in [0.4, 0.5) is 15.8 Å². The van der Waals surface area contributed by atoms with Crippen LogP contribution in [0.1, 0.15) is 10.4 Å². The predicted octanol–water partition coefficient (Wildman–Crippen LogP) is 4.19. The number of carbonyl (C=O) groups is 1. The van der Waals surface area contributed by atoms with E-state index in [-0.39, 0.29) is 21.3 Å². The molecular formula is C13H9Cl2FN2O2. The summed E-state index contributed by atoms with van der Waals surface area (Å²) in [4.78, 5) is 12.1. The molecule has 0 spiro atoms. The van der Waals surface area contributed by atoms with E-state index >= 15 is 0 Å². The zero-order chi connectivity index (χ0) is 14.7. The maximum atomic E-state index is 12.9. The van der Waals surface area contributed by atoms with Crippen LogP contribution in [0, 0.1) is 5.82 Å². The lowest BCUT2D eigenvalue weighted by Gasteiger charge is -2.09. The zero-order valence-corrected chi connectivity index (χ0v) is 11.5. The summed E-state index contributed by atoms with van der Waals surface area (Å²) >= 11 is 11.7. The molecule has 0 atom stereocenters. The second-order valence-electron chi connectivity index (χ2n) is 3.88. The number of amides is 1. The maximum absolute atomic E-state index is 12.9. The maximum Gasteiger partial charge on any atom is 0.257 e. The standard InChI is InChI=1S/C13H9Cl2FN2O2/c14-10-3-2-8(18-20)6-9(10)13(19)17-12-4-1-7(16)5-11(12)15/h1-6,18,20H,(H,17,19). The van der Waals surface area contributed by atoms with Crippen LogP contribution in [0.2, 0.25) is 10.0 Å². The first-order valence-corrected chi connectivity index (χ1v) is 6.23. The summed E-state index contributed by atoms with van der Waals surface area (Å²) in [6.45, 7) is 0. The molecule has 2 aromatic carbocycles. The van der Waals surface area contributed by atoms with Crippen LogP contribution >= 0.6 is 23.2 Å². The van der Waals surface area contributed by atoms with Crippen LogP contribution in [-0.4, -0.2) is 11.1 Å². The Morgan fingerprint density at radius 1 is 1.10 bits per heavy atom. The van der Waals surface area contributed by atoms with Crippen molar-refractivity contribution in [3.05, 3.63) is 57.8 Å². The zero-order valence-electron chi connectivity index (χ0n) is 9.95. The van der Waals surface area contributed by atoms with E-state index in [1.165, 1.54) is 30.3 Å². The molecule has 3 N–H and O–H groups in total. The van der Waals surface area contributed by atoms with Crippen molar-refractivity contribution in [2.75, 3.05) is 10.8 Å². The first kappa shape index (κ1) is 14.6. The lowest BCUT2D eigenvalue weighted by Crippen LogP contribution is -2.13. The smallest absolute Gasteiger partial charge is 0.257 e. The fourth-order valence-corrected chi connectivity index (χ4v) is 1.97. The molecule has 2 rings (SSSR count). The molecule has 0 bridgehead atoms. The van der Waals surface area contributed by atoms with Crippen molar-refractivity contribution >= 4 is 40.5 Å². The highest BCUT2D eigenvalue weighted by molar-refractivity contribution is 6.36. The van der Waals surface area contributed by atoms with Gasteiger partial charge in [-0.2, -0.15) is 0 Å². The Kier molecular flexibility index (Phi) is 4.44. The van der Waals surface area contributed by atoms with Gasteiger partial charge in [0.2, 0.25) is 0 Å². The normalized spacial score (nSPS) is 10.2. The molecule has 104 valence electrons. The van der Waals surface area contributed by atoms with Gasteiger partial charge in [0.25, 0.3) is 5.91 Å². The molecule has 20 heavy (non-hydrogen) atoms. The highest BCUT2D eigenvalue weighted by Gasteiger charge is 2.13. The molecule has 7 heteroatoms. The quantitative estimate of drug-likeness (QED) is 0.744. The molecule has 0 saturated carbocycles. The topological polar surface area (TPSA) is 61.4 Å². The molecule has 0 saturated heterocycles. The van der Waals surface area contributed by atoms with E-state index < -0.39 is 11.7 Å². The number of halogens is 3. The third-order valence-corrected chi connectivity index (χ3v) is 3.16. The number of rotatable bonds is 3. The molecular weight excluding hydrogens is 306 g/mol. The Hall–Kier alpha value is -1.82. The highest BCUT2D eigenvalue weighted by Crippen LogP contribution is 2.25. The van der Waals surface area contributed by atoms with Crippen molar-refractivity contribution < 1.29 is 14.4 Å². The van der Waals surface area contributed by atoms with Gasteiger partial charge < -0.3 is 5.32 Å². The minimum atomic E-state index is -0.527. The van der Waals surface area contributed by atoms with Crippen LogP contribution in [0.3, 0.4) is 0 Å². The summed E-state index contributed by atoms with van der Waals surface area (Å²) in [6.07, 6.45) is 0. The molecule has 0 aliphatic carbocycles. The van der Waals surface area contributed by atoms with Crippen molar-refractivity contribution in [1.29, 1.82) is 0 Å². The Labute approximate surface area is 124 Å². The number of carbonyl (C=O) groups excluding carboxylic acids is 1. The van der Waals surface area contributed by atoms with Gasteiger partial charge in [0.15, 0.2) is 0 Å². The molecule has 0 radical (unpaired) electrons. The van der Waals surface area contributed by atoms with E-state index in [1.54, 1.807) is 0 Å². The monoisotopic (exact) mass is 314 g/mol. The Bertz CT molecular complexity index is 665. The van der Waals surface area contributed by atoms with Gasteiger partial charge in [-0.25, -0.2) is 4.39 Å². The van der Waals surface area contributed by atoms with E-state index in [9.17, 15) is 9.18 Å². The summed E-state index contributed by atoms with van der Waals surface area (Å²) in [7, 11) is 0. The number of anilines is 2. The minimum Gasteiger partial charge on any atom is -0.321 e. The minimum absolute atomic E-state index is 0.0749. The van der Waals surface area contributed by atoms with E-state index in [0.29, 0.717) is 5.69 Å². The van der Waals surface area contributed by atoms with Gasteiger partial charge in [0.1, 0.15) is 5.82 Å². The van der Waals surface area contributed by atoms with Gasteiger partial charge in [0, 0.05) is 0 Å². The average Bonchev–Trinajstić information content (AvgIpc) is 2.42. The van der Waals surface area contributed by atoms with Crippen molar-refractivity contribution in [3.8, 4) is 0 Å². The van der Waals surface area contributed by atoms with Gasteiger partial charge in [-0.1, -0.05) is 23.2 Å². The predicted molar refractivity (Wildman–Crippen MR) is 76.2 cm³/mol. The Morgan fingerprint density at radius 2 is 1.85 bits per heavy atom. The van der Waals surface area contributed by atoms with Gasteiger partial charge in [0.05, 0.1) is 27.0 Å². The van der Waals surface area contributed by atoms with E-state index in [1.807, 2.05) is 5.48 Å². The van der Waals surface area contributed by atoms with E-state index in [4.69, 9.17) is 28.4 Å². The highest BCUT2D eigenvalue weighted by atomic mass is 35.5. The third-order valence-electron chi connectivity index (χ3n) is 2.52. The number of hydrogen-bond acceptors (Lipinski definition) is 3. The molecule has 4 nitrogen and oxygen atoms in total. The fourth-order valence-electron chi connectivity index (χ4n) is 1.55. The van der Waals surface area contributed by atoms with Gasteiger partial charge >= 0.3 is 0 Å². The second-order valence-corrected chi connectivity index (χ2v) is 4.70. The van der Waals surface area contributed by atoms with Crippen LogP contribution in [0.15, 0.2) is 36.4 Å². The molecule has 0 heterocycles.